The van der Waals surface area contributed by atoms with Crippen LogP contribution < -0.4 is 32.1 Å². The molecule has 0 radical (unpaired) electrons. The summed E-state index contributed by atoms with van der Waals surface area (Å²) in [4.78, 5) is 90.6. The van der Waals surface area contributed by atoms with Gasteiger partial charge in [0.15, 0.2) is 11.6 Å². The number of ketones is 2. The highest BCUT2D eigenvalue weighted by atomic mass is 16.2. The molecular weight excluding hydrogens is 787 g/mol. The van der Waals surface area contributed by atoms with E-state index in [-0.39, 0.29) is 49.8 Å². The number of nitrogens with one attached hydrogen (secondary N) is 7. The SMILES string of the molecule is CCC(C)CNCC(=O)[C@H](Cc1ccccc1)NNCC(=O)[C@H](Cc1ccccc1)NC(=O)[C@H](Cc1cnc[nH]1)NC(=O)[C@H](Cc1ccccc1)NC(=O)[C@@H]1CCCN1C(C)=O. The number of imidazole rings is 1. The Bertz CT molecular complexity index is 2030. The first kappa shape index (κ1) is 47.0. The van der Waals surface area contributed by atoms with Crippen molar-refractivity contribution < 1.29 is 28.8 Å². The third kappa shape index (κ3) is 14.9. The van der Waals surface area contributed by atoms with Crippen LogP contribution in [-0.2, 0) is 54.5 Å². The van der Waals surface area contributed by atoms with Crippen LogP contribution >= 0.6 is 0 Å². The van der Waals surface area contributed by atoms with Crippen LogP contribution in [0.1, 0.15) is 62.4 Å². The lowest BCUT2D eigenvalue weighted by molar-refractivity contribution is -0.138. The number of H-pyrrole nitrogens is 1. The molecule has 1 fully saturated rings. The quantitative estimate of drug-likeness (QED) is 0.0485. The van der Waals surface area contributed by atoms with Crippen LogP contribution in [0, 0.1) is 5.92 Å². The molecule has 7 N–H and O–H groups in total. The lowest BCUT2D eigenvalue weighted by atomic mass is 10.0. The van der Waals surface area contributed by atoms with Crippen LogP contribution in [-0.4, -0.2) is 106 Å². The minimum atomic E-state index is -1.19. The molecule has 0 spiro atoms. The van der Waals surface area contributed by atoms with Crippen molar-refractivity contribution in [3.63, 3.8) is 0 Å². The van der Waals surface area contributed by atoms with Gasteiger partial charge in [-0.15, -0.1) is 0 Å². The smallest absolute Gasteiger partial charge is 0.243 e. The number of hydrogen-bond acceptors (Lipinski definition) is 10. The Morgan fingerprint density at radius 1 is 0.710 bits per heavy atom. The molecule has 62 heavy (non-hydrogen) atoms. The molecule has 3 aromatic carbocycles. The molecule has 1 aliphatic heterocycles. The van der Waals surface area contributed by atoms with Crippen molar-refractivity contribution in [1.29, 1.82) is 0 Å². The van der Waals surface area contributed by atoms with E-state index in [0.29, 0.717) is 44.0 Å². The monoisotopic (exact) mass is 847 g/mol. The number of likely N-dealkylation sites (tertiary alicyclic amines) is 1. The molecular formula is C47H61N9O6. The number of carbonyl (C=O) groups excluding carboxylic acids is 6. The first-order valence-corrected chi connectivity index (χ1v) is 21.5. The maximum Gasteiger partial charge on any atom is 0.243 e. The average molecular weight is 848 g/mol. The van der Waals surface area contributed by atoms with Crippen molar-refractivity contribution in [2.24, 2.45) is 5.92 Å². The highest BCUT2D eigenvalue weighted by Crippen LogP contribution is 2.18. The van der Waals surface area contributed by atoms with Gasteiger partial charge in [-0.2, -0.15) is 0 Å². The second-order valence-corrected chi connectivity index (χ2v) is 16.0. The van der Waals surface area contributed by atoms with Gasteiger partial charge in [0.2, 0.25) is 23.6 Å². The van der Waals surface area contributed by atoms with Crippen molar-refractivity contribution in [3.8, 4) is 0 Å². The summed E-state index contributed by atoms with van der Waals surface area (Å²) in [6.45, 7) is 6.73. The van der Waals surface area contributed by atoms with Crippen LogP contribution in [0.5, 0.6) is 0 Å². The van der Waals surface area contributed by atoms with Gasteiger partial charge in [-0.25, -0.2) is 15.8 Å². The number of carbonyl (C=O) groups is 6. The molecule has 4 aromatic rings. The predicted molar refractivity (Wildman–Crippen MR) is 236 cm³/mol. The van der Waals surface area contributed by atoms with E-state index >= 15 is 0 Å². The minimum Gasteiger partial charge on any atom is -0.348 e. The number of aromatic amines is 1. The molecule has 1 aliphatic rings. The van der Waals surface area contributed by atoms with Crippen LogP contribution in [0.2, 0.25) is 0 Å². The summed E-state index contributed by atoms with van der Waals surface area (Å²) < 4.78 is 0. The van der Waals surface area contributed by atoms with Crippen LogP contribution in [0.3, 0.4) is 0 Å². The Kier molecular flexibility index (Phi) is 18.5. The predicted octanol–water partition coefficient (Wildman–Crippen LogP) is 2.38. The number of aromatic nitrogens is 2. The fourth-order valence-corrected chi connectivity index (χ4v) is 7.40. The third-order valence-electron chi connectivity index (χ3n) is 11.2. The lowest BCUT2D eigenvalue weighted by Crippen LogP contribution is -2.59. The molecule has 0 aliphatic carbocycles. The maximum atomic E-state index is 14.4. The van der Waals surface area contributed by atoms with E-state index in [1.165, 1.54) is 18.2 Å². The standard InChI is InChI=1S/C47H61N9O6/c1-4-32(2)27-48-29-43(58)39(24-35-17-10-6-11-18-35)55-51-30-44(59)38(23-34-15-8-5-9-16-34)52-46(61)41(26-37-28-49-31-50-37)53-45(60)40(25-36-19-12-7-13-20-36)54-47(62)42-21-14-22-56(42)33(3)57/h5-13,15-20,28,31-32,38-42,48,51,55H,4,14,21-27,29-30H2,1-3H3,(H,49,50)(H,52,61)(H,53,60)(H,54,62)/t32?,38-,39-,40-,41-,42-/m0/s1. The fourth-order valence-electron chi connectivity index (χ4n) is 7.40. The summed E-state index contributed by atoms with van der Waals surface area (Å²) in [6.07, 6.45) is 5.81. The van der Waals surface area contributed by atoms with E-state index < -0.39 is 47.9 Å². The number of benzene rings is 3. The second kappa shape index (κ2) is 24.4. The summed E-state index contributed by atoms with van der Waals surface area (Å²) in [5, 5.41) is 11.9. The molecule has 6 atom stereocenters. The first-order valence-electron chi connectivity index (χ1n) is 21.5. The highest BCUT2D eigenvalue weighted by Gasteiger charge is 2.36. The minimum absolute atomic E-state index is 0.00468. The van der Waals surface area contributed by atoms with Crippen molar-refractivity contribution in [3.05, 3.63) is 126 Å². The maximum absolute atomic E-state index is 14.4. The van der Waals surface area contributed by atoms with Crippen molar-refractivity contribution in [1.82, 2.24) is 47.0 Å². The molecule has 2 heterocycles. The molecule has 1 saturated heterocycles. The highest BCUT2D eigenvalue weighted by molar-refractivity contribution is 5.96. The number of amides is 4. The molecule has 0 bridgehead atoms. The van der Waals surface area contributed by atoms with Crippen LogP contribution in [0.25, 0.3) is 0 Å². The summed E-state index contributed by atoms with van der Waals surface area (Å²) in [5.41, 5.74) is 9.15. The molecule has 1 unspecified atom stereocenters. The number of Topliss-reactive ketones (excluding diaryl/α,β-unsaturated/α-hetero) is 2. The molecule has 5 rings (SSSR count). The zero-order chi connectivity index (χ0) is 44.3. The van der Waals surface area contributed by atoms with Gasteiger partial charge in [0.25, 0.3) is 0 Å². The van der Waals surface area contributed by atoms with E-state index in [1.54, 1.807) is 6.20 Å². The third-order valence-corrected chi connectivity index (χ3v) is 11.2. The van der Waals surface area contributed by atoms with Crippen molar-refractivity contribution >= 4 is 35.2 Å². The Morgan fingerprint density at radius 2 is 1.24 bits per heavy atom. The Labute approximate surface area is 364 Å². The topological polar surface area (TPSA) is 207 Å². The molecule has 0 saturated carbocycles. The van der Waals surface area contributed by atoms with Gasteiger partial charge >= 0.3 is 0 Å². The number of hydrogen-bond donors (Lipinski definition) is 7. The largest absolute Gasteiger partial charge is 0.348 e. The zero-order valence-electron chi connectivity index (χ0n) is 35.9. The molecule has 15 heteroatoms. The first-order chi connectivity index (χ1) is 30.0. The van der Waals surface area contributed by atoms with Crippen LogP contribution in [0.15, 0.2) is 104 Å². The van der Waals surface area contributed by atoms with E-state index in [4.69, 9.17) is 0 Å². The van der Waals surface area contributed by atoms with E-state index in [0.717, 1.165) is 23.1 Å². The fraction of sp³-hybridized carbons (Fsp3) is 0.426. The number of nitrogens with zero attached hydrogens (tertiary/aromatic N) is 2. The Balaban J connectivity index is 1.32. The molecule has 4 amide bonds. The Hall–Kier alpha value is -6.03. The average Bonchev–Trinajstić information content (AvgIpc) is 4.00. The van der Waals surface area contributed by atoms with E-state index in [1.807, 2.05) is 91.0 Å². The van der Waals surface area contributed by atoms with E-state index in [2.05, 4.69) is 55.9 Å². The lowest BCUT2D eigenvalue weighted by Gasteiger charge is -2.27. The normalized spacial score (nSPS) is 16.0. The number of rotatable bonds is 25. The van der Waals surface area contributed by atoms with Gasteiger partial charge in [0.05, 0.1) is 31.5 Å². The molecule has 330 valence electrons. The van der Waals surface area contributed by atoms with E-state index in [9.17, 15) is 28.8 Å². The van der Waals surface area contributed by atoms with Gasteiger partial charge < -0.3 is 31.2 Å². The zero-order valence-corrected chi connectivity index (χ0v) is 35.9. The summed E-state index contributed by atoms with van der Waals surface area (Å²) in [5.74, 6) is -1.91. The molecule has 1 aromatic heterocycles. The Morgan fingerprint density at radius 3 is 1.79 bits per heavy atom. The van der Waals surface area contributed by atoms with Crippen molar-refractivity contribution in [2.75, 3.05) is 26.2 Å². The number of hydrazine groups is 1. The van der Waals surface area contributed by atoms with Gasteiger partial charge in [0.1, 0.15) is 18.1 Å². The second-order valence-electron chi connectivity index (χ2n) is 16.0. The summed E-state index contributed by atoms with van der Waals surface area (Å²) in [7, 11) is 0. The van der Waals surface area contributed by atoms with Gasteiger partial charge in [0, 0.05) is 38.2 Å². The van der Waals surface area contributed by atoms with Crippen LogP contribution in [0.4, 0.5) is 0 Å². The molecule has 15 nitrogen and oxygen atoms in total. The van der Waals surface area contributed by atoms with Crippen molar-refractivity contribution in [2.45, 2.75) is 95.9 Å². The van der Waals surface area contributed by atoms with Gasteiger partial charge in [-0.05, 0) is 54.8 Å². The van der Waals surface area contributed by atoms with Gasteiger partial charge in [-0.1, -0.05) is 111 Å². The summed E-state index contributed by atoms with van der Waals surface area (Å²) in [6, 6.07) is 23.4. The van der Waals surface area contributed by atoms with Gasteiger partial charge in [-0.3, -0.25) is 28.8 Å². The summed E-state index contributed by atoms with van der Waals surface area (Å²) >= 11 is 0.